The molecule has 0 aromatic heterocycles. The van der Waals surface area contributed by atoms with Crippen LogP contribution in [0.2, 0.25) is 0 Å². The van der Waals surface area contributed by atoms with Gasteiger partial charge in [0, 0.05) is 18.0 Å². The molecule has 2 aromatic rings. The van der Waals surface area contributed by atoms with Gasteiger partial charge in [0.2, 0.25) is 0 Å². The molecule has 0 bridgehead atoms. The van der Waals surface area contributed by atoms with E-state index in [0.29, 0.717) is 25.4 Å². The summed E-state index contributed by atoms with van der Waals surface area (Å²) in [5.74, 6) is -0.321. The van der Waals surface area contributed by atoms with Crippen LogP contribution in [0, 0.1) is 15.9 Å². The number of carbonyl (C=O) groups excluding carboxylic acids is 1. The number of nitro groups is 1. The van der Waals surface area contributed by atoms with Crippen molar-refractivity contribution in [2.45, 2.75) is 18.4 Å². The van der Waals surface area contributed by atoms with Crippen LogP contribution in [0.5, 0.6) is 11.5 Å². The van der Waals surface area contributed by atoms with Crippen molar-refractivity contribution in [3.05, 3.63) is 63.5 Å². The number of rotatable bonds is 4. The molecule has 1 fully saturated rings. The van der Waals surface area contributed by atoms with Crippen molar-refractivity contribution in [1.29, 1.82) is 0 Å². The lowest BCUT2D eigenvalue weighted by Crippen LogP contribution is -2.27. The lowest BCUT2D eigenvalue weighted by Gasteiger charge is -2.18. The summed E-state index contributed by atoms with van der Waals surface area (Å²) in [5.41, 5.74) is 0.380. The molecule has 1 heterocycles. The van der Waals surface area contributed by atoms with Crippen LogP contribution >= 0.6 is 0 Å². The maximum absolute atomic E-state index is 13.3. The number of nitrogens with one attached hydrogen (secondary N) is 1. The van der Waals surface area contributed by atoms with E-state index in [4.69, 9.17) is 9.47 Å². The molecule has 4 rings (SSSR count). The zero-order valence-electron chi connectivity index (χ0n) is 13.6. The van der Waals surface area contributed by atoms with E-state index in [1.807, 2.05) is 0 Å². The molecule has 1 N–H and O–H groups in total. The average molecular weight is 358 g/mol. The molecular formula is C18H15FN2O5. The van der Waals surface area contributed by atoms with E-state index >= 15 is 0 Å². The molecular weight excluding hydrogens is 343 g/mol. The Labute approximate surface area is 147 Å². The Hall–Kier alpha value is -3.16. The van der Waals surface area contributed by atoms with Crippen molar-refractivity contribution in [2.75, 3.05) is 13.2 Å². The minimum atomic E-state index is -0.621. The quantitative estimate of drug-likeness (QED) is 0.670. The zero-order chi connectivity index (χ0) is 18.3. The molecule has 0 radical (unpaired) electrons. The maximum atomic E-state index is 13.3. The highest BCUT2D eigenvalue weighted by Crippen LogP contribution is 2.42. The molecule has 134 valence electrons. The molecule has 2 unspecified atom stereocenters. The summed E-state index contributed by atoms with van der Waals surface area (Å²) in [6.07, 6.45) is 0.660. The third-order valence-electron chi connectivity index (χ3n) is 4.49. The Morgan fingerprint density at radius 1 is 1.19 bits per heavy atom. The van der Waals surface area contributed by atoms with Gasteiger partial charge in [-0.15, -0.1) is 0 Å². The third kappa shape index (κ3) is 3.05. The SMILES string of the molecule is O=C(NC1CC1c1cccc(F)c1)c1cc2c(cc1[N+](=O)[O-])OCCO2. The molecule has 8 heteroatoms. The predicted octanol–water partition coefficient (Wildman–Crippen LogP) is 2.79. The Morgan fingerprint density at radius 3 is 2.62 bits per heavy atom. The molecule has 1 aliphatic carbocycles. The average Bonchev–Trinajstić information content (AvgIpc) is 3.39. The number of hydrogen-bond donors (Lipinski definition) is 1. The first-order valence-corrected chi connectivity index (χ1v) is 8.17. The van der Waals surface area contributed by atoms with Crippen LogP contribution in [0.4, 0.5) is 10.1 Å². The molecule has 1 amide bonds. The van der Waals surface area contributed by atoms with E-state index in [9.17, 15) is 19.3 Å². The molecule has 2 aliphatic rings. The lowest BCUT2D eigenvalue weighted by atomic mass is 10.1. The van der Waals surface area contributed by atoms with E-state index in [1.165, 1.54) is 24.3 Å². The zero-order valence-corrected chi connectivity index (χ0v) is 13.6. The Kier molecular flexibility index (Phi) is 3.95. The summed E-state index contributed by atoms with van der Waals surface area (Å²) >= 11 is 0. The van der Waals surface area contributed by atoms with Crippen LogP contribution in [0.3, 0.4) is 0 Å². The number of benzene rings is 2. The fraction of sp³-hybridized carbons (Fsp3) is 0.278. The van der Waals surface area contributed by atoms with Gasteiger partial charge < -0.3 is 14.8 Å². The van der Waals surface area contributed by atoms with Crippen molar-refractivity contribution in [1.82, 2.24) is 5.32 Å². The Bertz CT molecular complexity index is 901. The van der Waals surface area contributed by atoms with Gasteiger partial charge in [-0.2, -0.15) is 0 Å². The van der Waals surface area contributed by atoms with Crippen LogP contribution in [-0.2, 0) is 0 Å². The van der Waals surface area contributed by atoms with Gasteiger partial charge >= 0.3 is 0 Å². The standard InChI is InChI=1S/C18H15FN2O5/c19-11-3-1-2-10(6-11)12-7-14(12)20-18(22)13-8-16-17(26-5-4-25-16)9-15(13)21(23)24/h1-3,6,8-9,12,14H,4-5,7H2,(H,20,22). The predicted molar refractivity (Wildman–Crippen MR) is 89.1 cm³/mol. The number of fused-ring (bicyclic) bond motifs is 1. The smallest absolute Gasteiger partial charge is 0.286 e. The fourth-order valence-electron chi connectivity index (χ4n) is 3.12. The summed E-state index contributed by atoms with van der Waals surface area (Å²) in [6.45, 7) is 0.614. The number of hydrogen-bond acceptors (Lipinski definition) is 5. The lowest BCUT2D eigenvalue weighted by molar-refractivity contribution is -0.385. The van der Waals surface area contributed by atoms with Crippen LogP contribution < -0.4 is 14.8 Å². The number of carbonyl (C=O) groups is 1. The molecule has 2 atom stereocenters. The topological polar surface area (TPSA) is 90.7 Å². The second-order valence-corrected chi connectivity index (χ2v) is 6.25. The highest BCUT2D eigenvalue weighted by atomic mass is 19.1. The molecule has 1 aliphatic heterocycles. The minimum Gasteiger partial charge on any atom is -0.486 e. The van der Waals surface area contributed by atoms with Crippen LogP contribution in [0.1, 0.15) is 28.3 Å². The van der Waals surface area contributed by atoms with Gasteiger partial charge in [-0.3, -0.25) is 14.9 Å². The van der Waals surface area contributed by atoms with Gasteiger partial charge in [0.1, 0.15) is 24.6 Å². The van der Waals surface area contributed by atoms with Crippen molar-refractivity contribution in [3.8, 4) is 11.5 Å². The summed E-state index contributed by atoms with van der Waals surface area (Å²) in [4.78, 5) is 23.3. The van der Waals surface area contributed by atoms with Gasteiger partial charge in [0.25, 0.3) is 11.6 Å². The highest BCUT2D eigenvalue weighted by Gasteiger charge is 2.40. The number of nitro benzene ring substituents is 1. The second-order valence-electron chi connectivity index (χ2n) is 6.25. The molecule has 26 heavy (non-hydrogen) atoms. The van der Waals surface area contributed by atoms with E-state index in [-0.39, 0.29) is 34.8 Å². The van der Waals surface area contributed by atoms with Gasteiger partial charge in [-0.1, -0.05) is 12.1 Å². The highest BCUT2D eigenvalue weighted by molar-refractivity contribution is 5.99. The first-order chi connectivity index (χ1) is 12.5. The molecule has 7 nitrogen and oxygen atoms in total. The third-order valence-corrected chi connectivity index (χ3v) is 4.49. The van der Waals surface area contributed by atoms with Crippen LogP contribution in [-0.4, -0.2) is 30.1 Å². The van der Waals surface area contributed by atoms with E-state index in [2.05, 4.69) is 5.32 Å². The molecule has 1 saturated carbocycles. The summed E-state index contributed by atoms with van der Waals surface area (Å²) in [5, 5.41) is 14.1. The molecule has 0 saturated heterocycles. The number of amides is 1. The summed E-state index contributed by atoms with van der Waals surface area (Å²) in [6, 6.07) is 8.57. The minimum absolute atomic E-state index is 0.00548. The number of nitrogens with zero attached hydrogens (tertiary/aromatic N) is 1. The van der Waals surface area contributed by atoms with Crippen molar-refractivity contribution in [3.63, 3.8) is 0 Å². The fourth-order valence-corrected chi connectivity index (χ4v) is 3.12. The van der Waals surface area contributed by atoms with Crippen LogP contribution in [0.25, 0.3) is 0 Å². The van der Waals surface area contributed by atoms with E-state index < -0.39 is 10.8 Å². The van der Waals surface area contributed by atoms with Crippen LogP contribution in [0.15, 0.2) is 36.4 Å². The van der Waals surface area contributed by atoms with E-state index in [0.717, 1.165) is 5.56 Å². The first kappa shape index (κ1) is 16.3. The van der Waals surface area contributed by atoms with Crippen molar-refractivity contribution < 1.29 is 23.6 Å². The summed E-state index contributed by atoms with van der Waals surface area (Å²) < 4.78 is 24.1. The van der Waals surface area contributed by atoms with Crippen molar-refractivity contribution >= 4 is 11.6 Å². The molecule has 2 aromatic carbocycles. The van der Waals surface area contributed by atoms with Gasteiger partial charge in [0.05, 0.1) is 11.0 Å². The van der Waals surface area contributed by atoms with E-state index in [1.54, 1.807) is 12.1 Å². The monoisotopic (exact) mass is 358 g/mol. The summed E-state index contributed by atoms with van der Waals surface area (Å²) in [7, 11) is 0. The van der Waals surface area contributed by atoms with Crippen molar-refractivity contribution in [2.24, 2.45) is 0 Å². The maximum Gasteiger partial charge on any atom is 0.286 e. The Balaban J connectivity index is 1.54. The first-order valence-electron chi connectivity index (χ1n) is 8.17. The molecule has 0 spiro atoms. The second kappa shape index (κ2) is 6.29. The van der Waals surface area contributed by atoms with Gasteiger partial charge in [-0.05, 0) is 24.1 Å². The normalized spacial score (nSPS) is 20.3. The number of ether oxygens (including phenoxy) is 2. The van der Waals surface area contributed by atoms with Gasteiger partial charge in [0.15, 0.2) is 11.5 Å². The van der Waals surface area contributed by atoms with Gasteiger partial charge in [-0.25, -0.2) is 4.39 Å². The largest absolute Gasteiger partial charge is 0.486 e. The number of halogens is 1. The Morgan fingerprint density at radius 2 is 1.92 bits per heavy atom.